The van der Waals surface area contributed by atoms with Crippen molar-refractivity contribution in [2.45, 2.75) is 32.4 Å². The summed E-state index contributed by atoms with van der Waals surface area (Å²) in [5.41, 5.74) is 1.08. The van der Waals surface area contributed by atoms with Crippen molar-refractivity contribution in [1.82, 2.24) is 10.2 Å². The van der Waals surface area contributed by atoms with Crippen molar-refractivity contribution in [1.29, 1.82) is 0 Å². The summed E-state index contributed by atoms with van der Waals surface area (Å²) in [4.78, 5) is 13.6. The fraction of sp³-hybridized carbons (Fsp3) is 0.533. The van der Waals surface area contributed by atoms with Crippen LogP contribution in [0.15, 0.2) is 22.7 Å². The molecule has 1 atom stereocenters. The minimum absolute atomic E-state index is 0.0698. The molecule has 1 amide bonds. The lowest BCUT2D eigenvalue weighted by molar-refractivity contribution is -0.132. The fourth-order valence-electron chi connectivity index (χ4n) is 2.25. The van der Waals surface area contributed by atoms with Gasteiger partial charge in [-0.3, -0.25) is 4.79 Å². The zero-order chi connectivity index (χ0) is 14.5. The molecule has 5 heteroatoms. The Hall–Kier alpha value is -1.07. The number of rotatable bonds is 6. The lowest BCUT2D eigenvalue weighted by Crippen LogP contribution is -2.29. The van der Waals surface area contributed by atoms with Gasteiger partial charge in [0.1, 0.15) is 5.75 Å². The molecule has 0 bridgehead atoms. The number of ether oxygens (including phenoxy) is 1. The van der Waals surface area contributed by atoms with Gasteiger partial charge in [0.15, 0.2) is 6.10 Å². The number of carbonyl (C=O) groups is 1. The summed E-state index contributed by atoms with van der Waals surface area (Å²) in [7, 11) is 1.82. The molecular formula is C15H21BrN2O2. The second kappa shape index (κ2) is 7.09. The Kier molecular flexibility index (Phi) is 5.43. The second-order valence-electron chi connectivity index (χ2n) is 5.08. The van der Waals surface area contributed by atoms with E-state index in [1.54, 1.807) is 4.90 Å². The van der Waals surface area contributed by atoms with Gasteiger partial charge in [-0.1, -0.05) is 22.9 Å². The van der Waals surface area contributed by atoms with Gasteiger partial charge in [0.05, 0.1) is 0 Å². The molecule has 0 saturated carbocycles. The van der Waals surface area contributed by atoms with E-state index in [0.29, 0.717) is 0 Å². The van der Waals surface area contributed by atoms with Gasteiger partial charge >= 0.3 is 0 Å². The molecule has 0 aromatic heterocycles. The summed E-state index contributed by atoms with van der Waals surface area (Å²) in [6, 6.07) is 5.92. The van der Waals surface area contributed by atoms with Crippen LogP contribution in [0.5, 0.6) is 5.75 Å². The topological polar surface area (TPSA) is 41.6 Å². The molecule has 1 fully saturated rings. The zero-order valence-corrected chi connectivity index (χ0v) is 13.6. The van der Waals surface area contributed by atoms with Crippen molar-refractivity contribution in [2.75, 3.05) is 20.1 Å². The van der Waals surface area contributed by atoms with Gasteiger partial charge in [-0.25, -0.2) is 0 Å². The molecule has 1 aliphatic rings. The molecule has 2 rings (SSSR count). The predicted molar refractivity (Wildman–Crippen MR) is 82.8 cm³/mol. The van der Waals surface area contributed by atoms with Gasteiger partial charge in [-0.15, -0.1) is 0 Å². The van der Waals surface area contributed by atoms with E-state index in [9.17, 15) is 4.79 Å². The third-order valence-electron chi connectivity index (χ3n) is 3.41. The van der Waals surface area contributed by atoms with Gasteiger partial charge in [0.25, 0.3) is 5.91 Å². The van der Waals surface area contributed by atoms with E-state index >= 15 is 0 Å². The highest BCUT2D eigenvalue weighted by molar-refractivity contribution is 9.10. The van der Waals surface area contributed by atoms with Crippen LogP contribution in [0.3, 0.4) is 0 Å². The maximum absolute atomic E-state index is 11.9. The first kappa shape index (κ1) is 15.3. The second-order valence-corrected chi connectivity index (χ2v) is 6.00. The van der Waals surface area contributed by atoms with Crippen molar-refractivity contribution < 1.29 is 9.53 Å². The van der Waals surface area contributed by atoms with Gasteiger partial charge in [0.2, 0.25) is 0 Å². The van der Waals surface area contributed by atoms with Crippen LogP contribution in [0.1, 0.15) is 25.3 Å². The number of halogens is 1. The van der Waals surface area contributed by atoms with Gasteiger partial charge in [-0.2, -0.15) is 0 Å². The Labute approximate surface area is 128 Å². The van der Waals surface area contributed by atoms with E-state index in [-0.39, 0.29) is 12.0 Å². The molecule has 0 spiro atoms. The number of likely N-dealkylation sites (tertiary alicyclic amines) is 1. The smallest absolute Gasteiger partial charge is 0.263 e. The lowest BCUT2D eigenvalue weighted by Gasteiger charge is -2.16. The maximum Gasteiger partial charge on any atom is 0.263 e. The molecule has 0 radical (unpaired) electrons. The number of hydrogen-bond donors (Lipinski definition) is 1. The van der Waals surface area contributed by atoms with Crippen molar-refractivity contribution in [3.63, 3.8) is 0 Å². The summed E-state index contributed by atoms with van der Waals surface area (Å²) in [5, 5.41) is 3.37. The molecule has 1 heterocycles. The molecule has 1 saturated heterocycles. The van der Waals surface area contributed by atoms with Crippen molar-refractivity contribution in [3.05, 3.63) is 28.2 Å². The van der Waals surface area contributed by atoms with Gasteiger partial charge in [0, 0.05) is 36.6 Å². The van der Waals surface area contributed by atoms with Gasteiger partial charge < -0.3 is 15.0 Å². The quantitative estimate of drug-likeness (QED) is 0.809. The summed E-state index contributed by atoms with van der Waals surface area (Å²) >= 11 is 3.48. The average Bonchev–Trinajstić information content (AvgIpc) is 2.74. The highest BCUT2D eigenvalue weighted by Gasteiger charge is 2.31. The van der Waals surface area contributed by atoms with Crippen molar-refractivity contribution in [2.24, 2.45) is 0 Å². The van der Waals surface area contributed by atoms with Crippen LogP contribution >= 0.6 is 15.9 Å². The minimum atomic E-state index is -0.342. The Morgan fingerprint density at radius 2 is 2.30 bits per heavy atom. The number of hydrogen-bond acceptors (Lipinski definition) is 3. The van der Waals surface area contributed by atoms with E-state index < -0.39 is 0 Å². The van der Waals surface area contributed by atoms with Crippen LogP contribution in [0.25, 0.3) is 0 Å². The third kappa shape index (κ3) is 3.73. The lowest BCUT2D eigenvalue weighted by atomic mass is 10.2. The molecule has 1 aromatic rings. The summed E-state index contributed by atoms with van der Waals surface area (Å²) in [6.07, 6.45) is 1.51. The first-order valence-electron chi connectivity index (χ1n) is 7.02. The van der Waals surface area contributed by atoms with Crippen molar-refractivity contribution in [3.8, 4) is 5.75 Å². The SMILES string of the molecule is CCCNCc1cc(Br)ccc1OC1CCN(C)C1=O. The summed E-state index contributed by atoms with van der Waals surface area (Å²) in [5.74, 6) is 0.867. The number of likely N-dealkylation sites (N-methyl/N-ethyl adjacent to an activating group) is 1. The molecule has 1 aliphatic heterocycles. The highest BCUT2D eigenvalue weighted by Crippen LogP contribution is 2.26. The molecule has 1 N–H and O–H groups in total. The molecule has 0 aliphatic carbocycles. The molecular weight excluding hydrogens is 320 g/mol. The Bertz CT molecular complexity index is 479. The van der Waals surface area contributed by atoms with E-state index in [4.69, 9.17) is 4.74 Å². The van der Waals surface area contributed by atoms with Crippen LogP contribution in [-0.4, -0.2) is 37.0 Å². The predicted octanol–water partition coefficient (Wildman–Crippen LogP) is 2.56. The standard InChI is InChI=1S/C15H21BrN2O2/c1-3-7-17-10-11-9-12(16)4-5-13(11)20-14-6-8-18(2)15(14)19/h4-5,9,14,17H,3,6-8,10H2,1-2H3. The van der Waals surface area contributed by atoms with E-state index in [1.165, 1.54) is 0 Å². The number of nitrogens with one attached hydrogen (secondary N) is 1. The highest BCUT2D eigenvalue weighted by atomic mass is 79.9. The molecule has 110 valence electrons. The Balaban J connectivity index is 2.08. The molecule has 1 unspecified atom stereocenters. The van der Waals surface area contributed by atoms with Crippen LogP contribution in [0, 0.1) is 0 Å². The van der Waals surface area contributed by atoms with E-state index in [1.807, 2.05) is 25.2 Å². The number of amides is 1. The van der Waals surface area contributed by atoms with Gasteiger partial charge in [-0.05, 0) is 31.2 Å². The van der Waals surface area contributed by atoms with Crippen LogP contribution in [-0.2, 0) is 11.3 Å². The normalized spacial score (nSPS) is 18.6. The van der Waals surface area contributed by atoms with Crippen molar-refractivity contribution >= 4 is 21.8 Å². The summed E-state index contributed by atoms with van der Waals surface area (Å²) < 4.78 is 6.94. The maximum atomic E-state index is 11.9. The number of nitrogens with zero attached hydrogens (tertiary/aromatic N) is 1. The molecule has 4 nitrogen and oxygen atoms in total. The Morgan fingerprint density at radius 1 is 1.50 bits per heavy atom. The molecule has 20 heavy (non-hydrogen) atoms. The first-order valence-corrected chi connectivity index (χ1v) is 7.82. The minimum Gasteiger partial charge on any atom is -0.480 e. The molecule has 1 aromatic carbocycles. The Morgan fingerprint density at radius 3 is 2.95 bits per heavy atom. The summed E-state index contributed by atoms with van der Waals surface area (Å²) in [6.45, 7) is 4.62. The van der Waals surface area contributed by atoms with E-state index in [2.05, 4.69) is 28.2 Å². The first-order chi connectivity index (χ1) is 9.61. The monoisotopic (exact) mass is 340 g/mol. The number of benzene rings is 1. The van der Waals surface area contributed by atoms with E-state index in [0.717, 1.165) is 48.3 Å². The average molecular weight is 341 g/mol. The third-order valence-corrected chi connectivity index (χ3v) is 3.91. The van der Waals surface area contributed by atoms with Crippen LogP contribution in [0.2, 0.25) is 0 Å². The largest absolute Gasteiger partial charge is 0.480 e. The number of carbonyl (C=O) groups excluding carboxylic acids is 1. The zero-order valence-electron chi connectivity index (χ0n) is 12.0. The van der Waals surface area contributed by atoms with Crippen LogP contribution < -0.4 is 10.1 Å². The van der Waals surface area contributed by atoms with Crippen LogP contribution in [0.4, 0.5) is 0 Å². The fourth-order valence-corrected chi connectivity index (χ4v) is 2.66.